The van der Waals surface area contributed by atoms with E-state index in [2.05, 4.69) is 10.4 Å². The summed E-state index contributed by atoms with van der Waals surface area (Å²) < 4.78 is 1.71. The van der Waals surface area contributed by atoms with Crippen LogP contribution in [0.5, 0.6) is 0 Å². The topological polar surface area (TPSA) is 73.0 Å². The lowest BCUT2D eigenvalue weighted by Crippen LogP contribution is -2.22. The molecule has 6 nitrogen and oxygen atoms in total. The van der Waals surface area contributed by atoms with E-state index in [0.717, 1.165) is 6.54 Å². The zero-order valence-corrected chi connectivity index (χ0v) is 9.56. The van der Waals surface area contributed by atoms with Crippen LogP contribution in [0.1, 0.15) is 24.2 Å². The fourth-order valence-electron chi connectivity index (χ4n) is 1.83. The van der Waals surface area contributed by atoms with Crippen LogP contribution < -0.4 is 5.32 Å². The molecule has 0 bridgehead atoms. The Labute approximate surface area is 93.8 Å². The number of aryl methyl sites for hydroxylation is 1. The van der Waals surface area contributed by atoms with Crippen LogP contribution in [-0.2, 0) is 6.54 Å². The standard InChI is InChI=1S/C10H16N4O2/c1-7-10(14(15)16)8(2)13(12-7)6-5-11-9-3-4-9/h9,11H,3-6H2,1-2H3. The first-order chi connectivity index (χ1) is 7.59. The van der Waals surface area contributed by atoms with E-state index in [4.69, 9.17) is 0 Å². The van der Waals surface area contributed by atoms with Crippen molar-refractivity contribution in [3.8, 4) is 0 Å². The molecule has 88 valence electrons. The van der Waals surface area contributed by atoms with Gasteiger partial charge in [-0.2, -0.15) is 5.10 Å². The molecule has 0 amide bonds. The molecule has 0 atom stereocenters. The quantitative estimate of drug-likeness (QED) is 0.601. The predicted octanol–water partition coefficient (Wildman–Crippen LogP) is 1.16. The lowest BCUT2D eigenvalue weighted by Gasteiger charge is -2.04. The minimum absolute atomic E-state index is 0.145. The van der Waals surface area contributed by atoms with Crippen molar-refractivity contribution in [2.75, 3.05) is 6.54 Å². The van der Waals surface area contributed by atoms with E-state index in [1.165, 1.54) is 12.8 Å². The Bertz CT molecular complexity index is 409. The van der Waals surface area contributed by atoms with Crippen LogP contribution >= 0.6 is 0 Å². The maximum Gasteiger partial charge on any atom is 0.312 e. The van der Waals surface area contributed by atoms with Crippen molar-refractivity contribution in [3.63, 3.8) is 0 Å². The summed E-state index contributed by atoms with van der Waals surface area (Å²) in [6.45, 7) is 4.94. The fraction of sp³-hybridized carbons (Fsp3) is 0.700. The smallest absolute Gasteiger partial charge is 0.312 e. The molecule has 1 fully saturated rings. The average Bonchev–Trinajstić information content (AvgIpc) is 2.94. The van der Waals surface area contributed by atoms with Crippen molar-refractivity contribution in [1.29, 1.82) is 0 Å². The number of nitrogens with one attached hydrogen (secondary N) is 1. The molecule has 0 unspecified atom stereocenters. The minimum atomic E-state index is -0.359. The van der Waals surface area contributed by atoms with Crippen molar-refractivity contribution in [3.05, 3.63) is 21.5 Å². The third kappa shape index (κ3) is 2.21. The lowest BCUT2D eigenvalue weighted by atomic mass is 10.3. The molecule has 1 aromatic heterocycles. The monoisotopic (exact) mass is 224 g/mol. The van der Waals surface area contributed by atoms with E-state index in [9.17, 15) is 10.1 Å². The molecule has 1 aliphatic carbocycles. The zero-order valence-electron chi connectivity index (χ0n) is 9.56. The molecule has 1 aromatic rings. The van der Waals surface area contributed by atoms with Crippen LogP contribution in [0.2, 0.25) is 0 Å². The van der Waals surface area contributed by atoms with E-state index in [1.807, 2.05) is 0 Å². The summed E-state index contributed by atoms with van der Waals surface area (Å²) in [6, 6.07) is 0.659. The highest BCUT2D eigenvalue weighted by Crippen LogP contribution is 2.22. The molecule has 6 heteroatoms. The molecule has 1 heterocycles. The summed E-state index contributed by atoms with van der Waals surface area (Å²) in [7, 11) is 0. The van der Waals surface area contributed by atoms with Crippen LogP contribution in [0, 0.1) is 24.0 Å². The van der Waals surface area contributed by atoms with Crippen LogP contribution in [0.3, 0.4) is 0 Å². The van der Waals surface area contributed by atoms with E-state index in [0.29, 0.717) is 24.0 Å². The van der Waals surface area contributed by atoms with Gasteiger partial charge in [-0.3, -0.25) is 14.8 Å². The first kappa shape index (κ1) is 11.1. The second kappa shape index (κ2) is 4.21. The Balaban J connectivity index is 2.02. The van der Waals surface area contributed by atoms with Gasteiger partial charge in [0.05, 0.1) is 11.5 Å². The van der Waals surface area contributed by atoms with Gasteiger partial charge in [-0.25, -0.2) is 0 Å². The van der Waals surface area contributed by atoms with E-state index in [-0.39, 0.29) is 10.6 Å². The average molecular weight is 224 g/mol. The largest absolute Gasteiger partial charge is 0.312 e. The van der Waals surface area contributed by atoms with Gasteiger partial charge in [-0.15, -0.1) is 0 Å². The van der Waals surface area contributed by atoms with E-state index in [1.54, 1.807) is 18.5 Å². The Morgan fingerprint density at radius 3 is 2.75 bits per heavy atom. The summed E-state index contributed by atoms with van der Waals surface area (Å²) in [5.74, 6) is 0. The van der Waals surface area contributed by atoms with E-state index >= 15 is 0 Å². The number of nitro groups is 1. The maximum absolute atomic E-state index is 10.8. The second-order valence-corrected chi connectivity index (χ2v) is 4.23. The molecule has 0 saturated heterocycles. The van der Waals surface area contributed by atoms with Gasteiger partial charge < -0.3 is 5.32 Å². The SMILES string of the molecule is Cc1nn(CCNC2CC2)c(C)c1[N+](=O)[O-]. The summed E-state index contributed by atoms with van der Waals surface area (Å²) in [5.41, 5.74) is 1.28. The second-order valence-electron chi connectivity index (χ2n) is 4.23. The summed E-state index contributed by atoms with van der Waals surface area (Å²) in [6.07, 6.45) is 2.49. The molecule has 1 saturated carbocycles. The summed E-state index contributed by atoms with van der Waals surface area (Å²) in [4.78, 5) is 10.4. The highest BCUT2D eigenvalue weighted by Gasteiger charge is 2.23. The number of hydrogen-bond donors (Lipinski definition) is 1. The van der Waals surface area contributed by atoms with Crippen LogP contribution in [-0.4, -0.2) is 27.3 Å². The Kier molecular flexibility index (Phi) is 2.91. The molecule has 0 spiro atoms. The van der Waals surface area contributed by atoms with Crippen LogP contribution in [0.15, 0.2) is 0 Å². The lowest BCUT2D eigenvalue weighted by molar-refractivity contribution is -0.386. The molecule has 0 radical (unpaired) electrons. The highest BCUT2D eigenvalue weighted by atomic mass is 16.6. The molecule has 2 rings (SSSR count). The van der Waals surface area contributed by atoms with Gasteiger partial charge >= 0.3 is 5.69 Å². The molecule has 1 aliphatic rings. The third-order valence-electron chi connectivity index (χ3n) is 2.86. The number of aromatic nitrogens is 2. The fourth-order valence-corrected chi connectivity index (χ4v) is 1.83. The van der Waals surface area contributed by atoms with Crippen molar-refractivity contribution in [2.45, 2.75) is 39.3 Å². The molecule has 1 N–H and O–H groups in total. The van der Waals surface area contributed by atoms with Gasteiger partial charge in [0.1, 0.15) is 11.4 Å². The minimum Gasteiger partial charge on any atom is -0.312 e. The van der Waals surface area contributed by atoms with Gasteiger partial charge in [0, 0.05) is 12.6 Å². The molecule has 0 aliphatic heterocycles. The number of rotatable bonds is 5. The Morgan fingerprint density at radius 2 is 2.25 bits per heavy atom. The van der Waals surface area contributed by atoms with Crippen LogP contribution in [0.4, 0.5) is 5.69 Å². The third-order valence-corrected chi connectivity index (χ3v) is 2.86. The van der Waals surface area contributed by atoms with Crippen molar-refractivity contribution < 1.29 is 4.92 Å². The Morgan fingerprint density at radius 1 is 1.56 bits per heavy atom. The predicted molar refractivity (Wildman–Crippen MR) is 59.4 cm³/mol. The zero-order chi connectivity index (χ0) is 11.7. The van der Waals surface area contributed by atoms with Gasteiger partial charge in [0.25, 0.3) is 0 Å². The Hall–Kier alpha value is -1.43. The number of hydrogen-bond acceptors (Lipinski definition) is 4. The van der Waals surface area contributed by atoms with Gasteiger partial charge in [-0.1, -0.05) is 0 Å². The maximum atomic E-state index is 10.8. The van der Waals surface area contributed by atoms with Gasteiger partial charge in [0.2, 0.25) is 0 Å². The first-order valence-electron chi connectivity index (χ1n) is 5.51. The van der Waals surface area contributed by atoms with Crippen LogP contribution in [0.25, 0.3) is 0 Å². The number of nitrogens with zero attached hydrogens (tertiary/aromatic N) is 3. The van der Waals surface area contributed by atoms with Crippen molar-refractivity contribution in [1.82, 2.24) is 15.1 Å². The van der Waals surface area contributed by atoms with E-state index < -0.39 is 0 Å². The first-order valence-corrected chi connectivity index (χ1v) is 5.51. The molecular weight excluding hydrogens is 208 g/mol. The van der Waals surface area contributed by atoms with Crippen molar-refractivity contribution >= 4 is 5.69 Å². The molecule has 0 aromatic carbocycles. The van der Waals surface area contributed by atoms with Gasteiger partial charge in [0.15, 0.2) is 0 Å². The summed E-state index contributed by atoms with van der Waals surface area (Å²) in [5, 5.41) is 18.3. The van der Waals surface area contributed by atoms with Crippen molar-refractivity contribution in [2.24, 2.45) is 0 Å². The highest BCUT2D eigenvalue weighted by molar-refractivity contribution is 5.39. The summed E-state index contributed by atoms with van der Waals surface area (Å²) >= 11 is 0. The molecule has 16 heavy (non-hydrogen) atoms. The normalized spacial score (nSPS) is 15.4. The molecular formula is C10H16N4O2. The van der Waals surface area contributed by atoms with Gasteiger partial charge in [-0.05, 0) is 26.7 Å².